The van der Waals surface area contributed by atoms with Gasteiger partial charge in [0, 0.05) is 19.6 Å². The lowest BCUT2D eigenvalue weighted by molar-refractivity contribution is 0.174. The van der Waals surface area contributed by atoms with Gasteiger partial charge >= 0.3 is 0 Å². The molecule has 2 unspecified atom stereocenters. The molecule has 0 spiro atoms. The molecular formula is C16H24IN3O2. The van der Waals surface area contributed by atoms with Crippen LogP contribution in [0.5, 0.6) is 11.5 Å². The highest BCUT2D eigenvalue weighted by Crippen LogP contribution is 2.34. The van der Waals surface area contributed by atoms with E-state index in [1.54, 1.807) is 0 Å². The summed E-state index contributed by atoms with van der Waals surface area (Å²) in [5.74, 6) is 3.33. The van der Waals surface area contributed by atoms with E-state index in [2.05, 4.69) is 22.5 Å². The van der Waals surface area contributed by atoms with Crippen LogP contribution in [0, 0.1) is 5.92 Å². The Balaban J connectivity index is 0.00000176. The van der Waals surface area contributed by atoms with Gasteiger partial charge in [0.15, 0.2) is 17.5 Å². The molecule has 1 aromatic rings. The second kappa shape index (κ2) is 7.89. The molecule has 0 saturated heterocycles. The van der Waals surface area contributed by atoms with E-state index in [9.17, 15) is 0 Å². The van der Waals surface area contributed by atoms with Gasteiger partial charge in [0.05, 0.1) is 0 Å². The molecule has 1 aliphatic heterocycles. The number of hydrogen-bond acceptors (Lipinski definition) is 3. The fourth-order valence-electron chi connectivity index (χ4n) is 2.72. The third-order valence-electron chi connectivity index (χ3n) is 4.02. The number of rotatable bonds is 5. The molecule has 0 bridgehead atoms. The van der Waals surface area contributed by atoms with E-state index in [1.807, 2.05) is 25.2 Å². The maximum absolute atomic E-state index is 5.39. The zero-order chi connectivity index (χ0) is 14.7. The zero-order valence-electron chi connectivity index (χ0n) is 13.1. The van der Waals surface area contributed by atoms with E-state index in [4.69, 9.17) is 9.47 Å². The molecule has 122 valence electrons. The van der Waals surface area contributed by atoms with Gasteiger partial charge in [0.2, 0.25) is 6.79 Å². The molecule has 2 atom stereocenters. The standard InChI is InChI=1S/C16H23N3O2.HI/c1-3-4-12-8-13(12)19-16(17-2)18-9-11-5-6-14-15(7-11)21-10-20-14;/h5-7,12-13H,3-4,8-10H2,1-2H3,(H2,17,18,19);1H. The van der Waals surface area contributed by atoms with Gasteiger partial charge in [-0.25, -0.2) is 0 Å². The van der Waals surface area contributed by atoms with Crippen LogP contribution in [-0.2, 0) is 6.54 Å². The summed E-state index contributed by atoms with van der Waals surface area (Å²) >= 11 is 0. The van der Waals surface area contributed by atoms with Crippen LogP contribution in [0.4, 0.5) is 0 Å². The van der Waals surface area contributed by atoms with Crippen LogP contribution in [0.1, 0.15) is 31.7 Å². The van der Waals surface area contributed by atoms with E-state index in [-0.39, 0.29) is 24.0 Å². The molecule has 0 amide bonds. The van der Waals surface area contributed by atoms with Crippen molar-refractivity contribution in [1.82, 2.24) is 10.6 Å². The number of hydrogen-bond donors (Lipinski definition) is 2. The van der Waals surface area contributed by atoms with Crippen LogP contribution in [0.15, 0.2) is 23.2 Å². The van der Waals surface area contributed by atoms with E-state index < -0.39 is 0 Å². The topological polar surface area (TPSA) is 54.9 Å². The summed E-state index contributed by atoms with van der Waals surface area (Å²) in [4.78, 5) is 4.29. The summed E-state index contributed by atoms with van der Waals surface area (Å²) in [5, 5.41) is 6.83. The van der Waals surface area contributed by atoms with Gasteiger partial charge < -0.3 is 20.1 Å². The number of nitrogens with zero attached hydrogens (tertiary/aromatic N) is 1. The quantitative estimate of drug-likeness (QED) is 0.440. The first-order chi connectivity index (χ1) is 10.3. The molecule has 1 heterocycles. The van der Waals surface area contributed by atoms with Crippen molar-refractivity contribution in [2.24, 2.45) is 10.9 Å². The normalized spacial score (nSPS) is 22.0. The van der Waals surface area contributed by atoms with Crippen molar-refractivity contribution in [3.63, 3.8) is 0 Å². The largest absolute Gasteiger partial charge is 0.454 e. The van der Waals surface area contributed by atoms with Crippen molar-refractivity contribution >= 4 is 29.9 Å². The second-order valence-electron chi connectivity index (χ2n) is 5.65. The molecule has 1 saturated carbocycles. The van der Waals surface area contributed by atoms with E-state index in [0.29, 0.717) is 12.8 Å². The van der Waals surface area contributed by atoms with Crippen molar-refractivity contribution < 1.29 is 9.47 Å². The number of guanidine groups is 1. The summed E-state index contributed by atoms with van der Waals surface area (Å²) in [6.45, 7) is 3.28. The lowest BCUT2D eigenvalue weighted by atomic mass is 10.2. The van der Waals surface area contributed by atoms with Crippen LogP contribution in [0.25, 0.3) is 0 Å². The molecule has 1 aromatic carbocycles. The fraction of sp³-hybridized carbons (Fsp3) is 0.562. The van der Waals surface area contributed by atoms with Crippen molar-refractivity contribution in [3.8, 4) is 11.5 Å². The molecule has 1 fully saturated rings. The molecule has 6 heteroatoms. The van der Waals surface area contributed by atoms with E-state index in [1.165, 1.54) is 19.3 Å². The fourth-order valence-corrected chi connectivity index (χ4v) is 2.72. The predicted octanol–water partition coefficient (Wildman–Crippen LogP) is 2.89. The summed E-state index contributed by atoms with van der Waals surface area (Å²) in [6, 6.07) is 6.60. The molecule has 0 aromatic heterocycles. The monoisotopic (exact) mass is 417 g/mol. The van der Waals surface area contributed by atoms with Crippen LogP contribution >= 0.6 is 24.0 Å². The molecule has 0 radical (unpaired) electrons. The molecule has 2 aliphatic rings. The summed E-state index contributed by atoms with van der Waals surface area (Å²) < 4.78 is 10.7. The Labute approximate surface area is 148 Å². The molecule has 5 nitrogen and oxygen atoms in total. The number of benzene rings is 1. The van der Waals surface area contributed by atoms with Crippen LogP contribution in [0.2, 0.25) is 0 Å². The number of ether oxygens (including phenoxy) is 2. The van der Waals surface area contributed by atoms with Gasteiger partial charge in [-0.05, 0) is 36.5 Å². The van der Waals surface area contributed by atoms with Crippen LogP contribution in [-0.4, -0.2) is 25.8 Å². The lowest BCUT2D eigenvalue weighted by Gasteiger charge is -2.12. The zero-order valence-corrected chi connectivity index (χ0v) is 15.4. The van der Waals surface area contributed by atoms with Gasteiger partial charge in [-0.2, -0.15) is 0 Å². The Bertz CT molecular complexity index is 536. The minimum atomic E-state index is 0. The van der Waals surface area contributed by atoms with Crippen LogP contribution in [0.3, 0.4) is 0 Å². The maximum Gasteiger partial charge on any atom is 0.231 e. The average Bonchev–Trinajstić information content (AvgIpc) is 3.05. The highest BCUT2D eigenvalue weighted by Gasteiger charge is 2.36. The Kier molecular flexibility index (Phi) is 6.16. The minimum Gasteiger partial charge on any atom is -0.454 e. The van der Waals surface area contributed by atoms with Crippen LogP contribution < -0.4 is 20.1 Å². The summed E-state index contributed by atoms with van der Waals surface area (Å²) in [5.41, 5.74) is 1.16. The number of halogens is 1. The molecular weight excluding hydrogens is 393 g/mol. The summed E-state index contributed by atoms with van der Waals surface area (Å²) in [7, 11) is 1.81. The number of fused-ring (bicyclic) bond motifs is 1. The van der Waals surface area contributed by atoms with Crippen molar-refractivity contribution in [2.45, 2.75) is 38.8 Å². The molecule has 1 aliphatic carbocycles. The van der Waals surface area contributed by atoms with Crippen molar-refractivity contribution in [2.75, 3.05) is 13.8 Å². The minimum absolute atomic E-state index is 0. The van der Waals surface area contributed by atoms with Gasteiger partial charge in [-0.15, -0.1) is 24.0 Å². The third kappa shape index (κ3) is 4.18. The first kappa shape index (κ1) is 17.2. The Morgan fingerprint density at radius 1 is 1.32 bits per heavy atom. The van der Waals surface area contributed by atoms with Gasteiger partial charge in [0.25, 0.3) is 0 Å². The van der Waals surface area contributed by atoms with Gasteiger partial charge in [-0.3, -0.25) is 4.99 Å². The molecule has 2 N–H and O–H groups in total. The Morgan fingerprint density at radius 2 is 2.14 bits per heavy atom. The predicted molar refractivity (Wildman–Crippen MR) is 98.1 cm³/mol. The van der Waals surface area contributed by atoms with Crippen molar-refractivity contribution in [1.29, 1.82) is 0 Å². The van der Waals surface area contributed by atoms with E-state index in [0.717, 1.165) is 35.5 Å². The first-order valence-electron chi connectivity index (χ1n) is 7.66. The van der Waals surface area contributed by atoms with E-state index >= 15 is 0 Å². The second-order valence-corrected chi connectivity index (χ2v) is 5.65. The highest BCUT2D eigenvalue weighted by atomic mass is 127. The Morgan fingerprint density at radius 3 is 2.91 bits per heavy atom. The number of aliphatic imine (C=N–C) groups is 1. The summed E-state index contributed by atoms with van der Waals surface area (Å²) in [6.07, 6.45) is 3.82. The lowest BCUT2D eigenvalue weighted by Crippen LogP contribution is -2.38. The first-order valence-corrected chi connectivity index (χ1v) is 7.66. The van der Waals surface area contributed by atoms with Gasteiger partial charge in [-0.1, -0.05) is 19.4 Å². The smallest absolute Gasteiger partial charge is 0.231 e. The van der Waals surface area contributed by atoms with Crippen molar-refractivity contribution in [3.05, 3.63) is 23.8 Å². The number of nitrogens with one attached hydrogen (secondary N) is 2. The maximum atomic E-state index is 5.39. The molecule has 22 heavy (non-hydrogen) atoms. The van der Waals surface area contributed by atoms with Gasteiger partial charge in [0.1, 0.15) is 0 Å². The highest BCUT2D eigenvalue weighted by molar-refractivity contribution is 14.0. The Hall–Kier alpha value is -1.18. The SMILES string of the molecule is CCCC1CC1NC(=NC)NCc1ccc2c(c1)OCO2.I. The average molecular weight is 417 g/mol. The third-order valence-corrected chi connectivity index (χ3v) is 4.02. The molecule has 3 rings (SSSR count).